The number of halogens is 1. The normalized spacial score (nSPS) is 14.7. The van der Waals surface area contributed by atoms with Crippen LogP contribution in [0.5, 0.6) is 0 Å². The lowest BCUT2D eigenvalue weighted by atomic mass is 10.1. The minimum Gasteiger partial charge on any atom is -0.444 e. The molecule has 0 aliphatic heterocycles. The molecular weight excluding hydrogens is 322 g/mol. The number of alkyl carbamates (subject to hydrolysis) is 1. The average molecular weight is 348 g/mol. The van der Waals surface area contributed by atoms with Gasteiger partial charge in [0.05, 0.1) is 4.34 Å². The summed E-state index contributed by atoms with van der Waals surface area (Å²) in [6.45, 7) is 8.62. The quantitative estimate of drug-likeness (QED) is 0.829. The lowest BCUT2D eigenvalue weighted by molar-refractivity contribution is 0.0476. The number of rotatable bonds is 6. The standard InChI is InChI=1S/C15H26ClN3O2S/c1-10(18-14(20)21-15(2,3)4)12(8-17)19(5)9-11-6-7-13(16)22-11/h6-7,10,12H,8-9,17H2,1-5H3,(H,18,20). The number of carbonyl (C=O) groups excluding carboxylic acids is 1. The first-order chi connectivity index (χ1) is 10.1. The van der Waals surface area contributed by atoms with Crippen LogP contribution in [0.15, 0.2) is 12.1 Å². The SMILES string of the molecule is CC(NC(=O)OC(C)(C)C)C(CN)N(C)Cc1ccc(Cl)s1. The molecular formula is C15H26ClN3O2S. The molecule has 0 radical (unpaired) electrons. The van der Waals surface area contributed by atoms with Crippen LogP contribution in [0.4, 0.5) is 4.79 Å². The summed E-state index contributed by atoms with van der Waals surface area (Å²) in [5.74, 6) is 0. The monoisotopic (exact) mass is 347 g/mol. The fourth-order valence-electron chi connectivity index (χ4n) is 2.16. The van der Waals surface area contributed by atoms with E-state index >= 15 is 0 Å². The van der Waals surface area contributed by atoms with E-state index in [1.54, 1.807) is 11.3 Å². The van der Waals surface area contributed by atoms with Crippen molar-refractivity contribution < 1.29 is 9.53 Å². The van der Waals surface area contributed by atoms with E-state index < -0.39 is 11.7 Å². The largest absolute Gasteiger partial charge is 0.444 e. The van der Waals surface area contributed by atoms with Crippen LogP contribution in [-0.2, 0) is 11.3 Å². The number of nitrogens with one attached hydrogen (secondary N) is 1. The Kier molecular flexibility index (Phi) is 7.12. The van der Waals surface area contributed by atoms with Crippen LogP contribution in [0.1, 0.15) is 32.6 Å². The Morgan fingerprint density at radius 2 is 2.14 bits per heavy atom. The Hall–Kier alpha value is -0.820. The van der Waals surface area contributed by atoms with Gasteiger partial charge in [0.15, 0.2) is 0 Å². The highest BCUT2D eigenvalue weighted by atomic mass is 35.5. The molecule has 1 aromatic heterocycles. The highest BCUT2D eigenvalue weighted by molar-refractivity contribution is 7.16. The minimum absolute atomic E-state index is 0.00777. The van der Waals surface area contributed by atoms with E-state index in [0.717, 1.165) is 15.8 Å². The summed E-state index contributed by atoms with van der Waals surface area (Å²) in [5, 5.41) is 2.85. The number of hydrogen-bond donors (Lipinski definition) is 2. The first-order valence-electron chi connectivity index (χ1n) is 7.26. The van der Waals surface area contributed by atoms with Crippen LogP contribution >= 0.6 is 22.9 Å². The second-order valence-electron chi connectivity index (χ2n) is 6.36. The Labute approximate surface area is 141 Å². The smallest absolute Gasteiger partial charge is 0.407 e. The molecule has 0 fully saturated rings. The molecule has 0 saturated carbocycles. The maximum atomic E-state index is 11.9. The van der Waals surface area contributed by atoms with Crippen molar-refractivity contribution in [2.75, 3.05) is 13.6 Å². The second-order valence-corrected chi connectivity index (χ2v) is 8.16. The van der Waals surface area contributed by atoms with Crippen molar-refractivity contribution in [2.24, 2.45) is 5.73 Å². The van der Waals surface area contributed by atoms with Crippen molar-refractivity contribution in [3.8, 4) is 0 Å². The molecule has 0 aromatic carbocycles. The molecule has 1 amide bonds. The highest BCUT2D eigenvalue weighted by Gasteiger charge is 2.25. The van der Waals surface area contributed by atoms with Crippen molar-refractivity contribution in [3.05, 3.63) is 21.3 Å². The van der Waals surface area contributed by atoms with Gasteiger partial charge in [-0.15, -0.1) is 11.3 Å². The summed E-state index contributed by atoms with van der Waals surface area (Å²) in [6.07, 6.45) is -0.425. The fraction of sp³-hybridized carbons (Fsp3) is 0.667. The summed E-state index contributed by atoms with van der Waals surface area (Å²) in [5.41, 5.74) is 5.37. The molecule has 3 N–H and O–H groups in total. The van der Waals surface area contributed by atoms with Crippen LogP contribution in [0.3, 0.4) is 0 Å². The van der Waals surface area contributed by atoms with Gasteiger partial charge in [-0.1, -0.05) is 11.6 Å². The third kappa shape index (κ3) is 6.52. The van der Waals surface area contributed by atoms with E-state index in [9.17, 15) is 4.79 Å². The van der Waals surface area contributed by atoms with Gasteiger partial charge in [0, 0.05) is 30.1 Å². The molecule has 0 aliphatic rings. The Bertz CT molecular complexity index is 487. The number of nitrogens with zero attached hydrogens (tertiary/aromatic N) is 1. The molecule has 1 rings (SSSR count). The van der Waals surface area contributed by atoms with Gasteiger partial charge in [-0.05, 0) is 46.9 Å². The van der Waals surface area contributed by atoms with Gasteiger partial charge in [-0.3, -0.25) is 4.90 Å². The molecule has 1 heterocycles. The zero-order valence-electron chi connectivity index (χ0n) is 13.9. The van der Waals surface area contributed by atoms with Crippen molar-refractivity contribution in [1.29, 1.82) is 0 Å². The van der Waals surface area contributed by atoms with E-state index in [1.165, 1.54) is 0 Å². The lowest BCUT2D eigenvalue weighted by Crippen LogP contribution is -2.53. The maximum Gasteiger partial charge on any atom is 0.407 e. The zero-order valence-corrected chi connectivity index (χ0v) is 15.4. The number of thiophene rings is 1. The molecule has 0 spiro atoms. The fourth-order valence-corrected chi connectivity index (χ4v) is 3.31. The Morgan fingerprint density at radius 1 is 1.50 bits per heavy atom. The summed E-state index contributed by atoms with van der Waals surface area (Å²) in [7, 11) is 1.98. The average Bonchev–Trinajstić information content (AvgIpc) is 2.72. The molecule has 0 aliphatic carbocycles. The number of nitrogens with two attached hydrogens (primary N) is 1. The van der Waals surface area contributed by atoms with Gasteiger partial charge in [0.25, 0.3) is 0 Å². The number of amides is 1. The van der Waals surface area contributed by atoms with E-state index in [2.05, 4.69) is 10.2 Å². The van der Waals surface area contributed by atoms with Crippen LogP contribution in [-0.4, -0.2) is 42.3 Å². The van der Waals surface area contributed by atoms with Gasteiger partial charge in [0.2, 0.25) is 0 Å². The van der Waals surface area contributed by atoms with Crippen molar-refractivity contribution in [3.63, 3.8) is 0 Å². The van der Waals surface area contributed by atoms with Crippen LogP contribution in [0, 0.1) is 0 Å². The van der Waals surface area contributed by atoms with E-state index in [4.69, 9.17) is 22.1 Å². The summed E-state index contributed by atoms with van der Waals surface area (Å²) in [6, 6.07) is 3.77. The van der Waals surface area contributed by atoms with Crippen LogP contribution in [0.2, 0.25) is 4.34 Å². The maximum absolute atomic E-state index is 11.9. The van der Waals surface area contributed by atoms with Gasteiger partial charge in [-0.25, -0.2) is 4.79 Å². The van der Waals surface area contributed by atoms with E-state index in [0.29, 0.717) is 6.54 Å². The summed E-state index contributed by atoms with van der Waals surface area (Å²) >= 11 is 7.50. The summed E-state index contributed by atoms with van der Waals surface area (Å²) < 4.78 is 6.05. The summed E-state index contributed by atoms with van der Waals surface area (Å²) in [4.78, 5) is 15.1. The molecule has 2 unspecified atom stereocenters. The molecule has 7 heteroatoms. The number of hydrogen-bond acceptors (Lipinski definition) is 5. The molecule has 5 nitrogen and oxygen atoms in total. The molecule has 0 bridgehead atoms. The predicted octanol–water partition coefficient (Wildman–Crippen LogP) is 3.07. The highest BCUT2D eigenvalue weighted by Crippen LogP contribution is 2.23. The molecule has 2 atom stereocenters. The second kappa shape index (κ2) is 8.15. The van der Waals surface area contributed by atoms with Crippen molar-refractivity contribution in [1.82, 2.24) is 10.2 Å². The Morgan fingerprint density at radius 3 is 2.59 bits per heavy atom. The molecule has 0 saturated heterocycles. The van der Waals surface area contributed by atoms with Crippen molar-refractivity contribution in [2.45, 2.75) is 51.9 Å². The minimum atomic E-state index is -0.512. The van der Waals surface area contributed by atoms with Gasteiger partial charge in [0.1, 0.15) is 5.60 Å². The third-order valence-electron chi connectivity index (χ3n) is 3.16. The van der Waals surface area contributed by atoms with Gasteiger partial charge in [-0.2, -0.15) is 0 Å². The van der Waals surface area contributed by atoms with E-state index in [-0.39, 0.29) is 12.1 Å². The Balaban J connectivity index is 2.59. The zero-order chi connectivity index (χ0) is 16.9. The molecule has 1 aromatic rings. The van der Waals surface area contributed by atoms with Crippen LogP contribution in [0.25, 0.3) is 0 Å². The predicted molar refractivity (Wildman–Crippen MR) is 92.5 cm³/mol. The molecule has 126 valence electrons. The van der Waals surface area contributed by atoms with Crippen LogP contribution < -0.4 is 11.1 Å². The lowest BCUT2D eigenvalue weighted by Gasteiger charge is -2.32. The molecule has 22 heavy (non-hydrogen) atoms. The first-order valence-corrected chi connectivity index (χ1v) is 8.46. The van der Waals surface area contributed by atoms with Crippen molar-refractivity contribution >= 4 is 29.0 Å². The van der Waals surface area contributed by atoms with Gasteiger partial charge >= 0.3 is 6.09 Å². The number of likely N-dealkylation sites (N-methyl/N-ethyl adjacent to an activating group) is 1. The number of ether oxygens (including phenoxy) is 1. The first kappa shape index (κ1) is 19.2. The number of carbonyl (C=O) groups is 1. The third-order valence-corrected chi connectivity index (χ3v) is 4.38. The van der Waals surface area contributed by atoms with E-state index in [1.807, 2.05) is 46.9 Å². The topological polar surface area (TPSA) is 67.6 Å². The van der Waals surface area contributed by atoms with Gasteiger partial charge < -0.3 is 15.8 Å².